The van der Waals surface area contributed by atoms with Crippen LogP contribution in [0.15, 0.2) is 24.4 Å². The molecule has 1 aliphatic rings. The van der Waals surface area contributed by atoms with Crippen molar-refractivity contribution in [3.05, 3.63) is 24.4 Å². The number of carbonyl (C=O) groups excluding carboxylic acids is 1. The van der Waals surface area contributed by atoms with Crippen LogP contribution in [-0.2, 0) is 4.79 Å². The number of aromatic nitrogens is 1. The average Bonchev–Trinajstić information content (AvgIpc) is 2.24. The summed E-state index contributed by atoms with van der Waals surface area (Å²) in [5, 5.41) is 3.21. The number of rotatable bonds is 1. The van der Waals surface area contributed by atoms with Gasteiger partial charge in [-0.2, -0.15) is 0 Å². The Labute approximate surface area is 89.3 Å². The molecule has 1 fully saturated rings. The fourth-order valence-corrected chi connectivity index (χ4v) is 1.87. The highest BCUT2D eigenvalue weighted by molar-refractivity contribution is 5.97. The lowest BCUT2D eigenvalue weighted by molar-refractivity contribution is -0.121. The first-order chi connectivity index (χ1) is 7.18. The number of hydrogen-bond acceptors (Lipinski definition) is 3. The zero-order valence-corrected chi connectivity index (χ0v) is 8.97. The van der Waals surface area contributed by atoms with Gasteiger partial charge in [0.1, 0.15) is 5.82 Å². The van der Waals surface area contributed by atoms with Gasteiger partial charge in [0.05, 0.1) is 6.04 Å². The Morgan fingerprint density at radius 1 is 1.47 bits per heavy atom. The molecule has 0 aromatic carbocycles. The molecule has 80 valence electrons. The van der Waals surface area contributed by atoms with Crippen molar-refractivity contribution in [2.45, 2.75) is 25.9 Å². The molecule has 1 N–H and O–H groups in total. The molecule has 1 aromatic rings. The van der Waals surface area contributed by atoms with E-state index in [0.29, 0.717) is 12.6 Å². The van der Waals surface area contributed by atoms with Crippen LogP contribution in [0.4, 0.5) is 5.82 Å². The van der Waals surface area contributed by atoms with Crippen molar-refractivity contribution in [3.63, 3.8) is 0 Å². The lowest BCUT2D eigenvalue weighted by Gasteiger charge is -2.34. The van der Waals surface area contributed by atoms with Crippen LogP contribution in [0, 0.1) is 0 Å². The van der Waals surface area contributed by atoms with Crippen molar-refractivity contribution < 1.29 is 4.79 Å². The minimum atomic E-state index is -0.129. The standard InChI is InChI=1S/C11H15N3O/c1-8-7-14(11(15)9(2)13-8)10-5-3-4-6-12-10/h3-6,8-9,13H,7H2,1-2H3. The van der Waals surface area contributed by atoms with Gasteiger partial charge in [0.25, 0.3) is 0 Å². The summed E-state index contributed by atoms with van der Waals surface area (Å²) in [4.78, 5) is 17.8. The molecule has 1 aromatic heterocycles. The molecular weight excluding hydrogens is 190 g/mol. The first-order valence-corrected chi connectivity index (χ1v) is 5.17. The normalized spacial score (nSPS) is 26.8. The van der Waals surface area contributed by atoms with Gasteiger partial charge in [-0.1, -0.05) is 6.07 Å². The zero-order chi connectivity index (χ0) is 10.8. The maximum atomic E-state index is 11.9. The lowest BCUT2D eigenvalue weighted by atomic mass is 10.1. The van der Waals surface area contributed by atoms with Crippen molar-refractivity contribution in [3.8, 4) is 0 Å². The molecule has 1 amide bonds. The van der Waals surface area contributed by atoms with Crippen molar-refractivity contribution in [2.75, 3.05) is 11.4 Å². The summed E-state index contributed by atoms with van der Waals surface area (Å²) in [6.45, 7) is 4.63. The Hall–Kier alpha value is -1.42. The summed E-state index contributed by atoms with van der Waals surface area (Å²) in [6, 6.07) is 5.79. The van der Waals surface area contributed by atoms with E-state index in [1.54, 1.807) is 11.1 Å². The predicted octanol–water partition coefficient (Wildman–Crippen LogP) is 0.795. The molecule has 0 aliphatic carbocycles. The number of pyridine rings is 1. The van der Waals surface area contributed by atoms with Gasteiger partial charge in [0.15, 0.2) is 0 Å². The van der Waals surface area contributed by atoms with Gasteiger partial charge >= 0.3 is 0 Å². The number of anilines is 1. The van der Waals surface area contributed by atoms with Crippen molar-refractivity contribution in [1.29, 1.82) is 0 Å². The molecule has 15 heavy (non-hydrogen) atoms. The Balaban J connectivity index is 2.24. The third kappa shape index (κ3) is 1.99. The summed E-state index contributed by atoms with van der Waals surface area (Å²) >= 11 is 0. The quantitative estimate of drug-likeness (QED) is 0.737. The lowest BCUT2D eigenvalue weighted by Crippen LogP contribution is -2.58. The molecule has 0 bridgehead atoms. The van der Waals surface area contributed by atoms with Gasteiger partial charge < -0.3 is 5.32 Å². The van der Waals surface area contributed by atoms with E-state index in [1.807, 2.05) is 25.1 Å². The van der Waals surface area contributed by atoms with E-state index in [2.05, 4.69) is 17.2 Å². The molecule has 0 saturated carbocycles. The van der Waals surface area contributed by atoms with Gasteiger partial charge in [-0.3, -0.25) is 9.69 Å². The Morgan fingerprint density at radius 2 is 2.27 bits per heavy atom. The second kappa shape index (κ2) is 3.98. The van der Waals surface area contributed by atoms with Crippen LogP contribution >= 0.6 is 0 Å². The highest BCUT2D eigenvalue weighted by Crippen LogP contribution is 2.15. The molecule has 4 nitrogen and oxygen atoms in total. The van der Waals surface area contributed by atoms with Crippen LogP contribution in [-0.4, -0.2) is 29.5 Å². The van der Waals surface area contributed by atoms with E-state index < -0.39 is 0 Å². The van der Waals surface area contributed by atoms with E-state index >= 15 is 0 Å². The number of nitrogens with one attached hydrogen (secondary N) is 1. The second-order valence-electron chi connectivity index (χ2n) is 3.93. The maximum Gasteiger partial charge on any atom is 0.245 e. The Kier molecular flexibility index (Phi) is 2.68. The van der Waals surface area contributed by atoms with Crippen molar-refractivity contribution >= 4 is 11.7 Å². The Bertz CT molecular complexity index is 352. The molecule has 2 rings (SSSR count). The first-order valence-electron chi connectivity index (χ1n) is 5.17. The summed E-state index contributed by atoms with van der Waals surface area (Å²) in [5.41, 5.74) is 0. The van der Waals surface area contributed by atoms with E-state index in [-0.39, 0.29) is 11.9 Å². The SMILES string of the molecule is CC1CN(c2ccccn2)C(=O)C(C)N1. The molecule has 1 saturated heterocycles. The topological polar surface area (TPSA) is 45.2 Å². The number of nitrogens with zero attached hydrogens (tertiary/aromatic N) is 2. The zero-order valence-electron chi connectivity index (χ0n) is 8.97. The molecule has 4 heteroatoms. The third-order valence-electron chi connectivity index (χ3n) is 2.55. The number of amides is 1. The van der Waals surface area contributed by atoms with Gasteiger partial charge in [-0.05, 0) is 26.0 Å². The molecule has 2 heterocycles. The fourth-order valence-electron chi connectivity index (χ4n) is 1.87. The second-order valence-corrected chi connectivity index (χ2v) is 3.93. The van der Waals surface area contributed by atoms with E-state index in [4.69, 9.17) is 0 Å². The van der Waals surface area contributed by atoms with Crippen LogP contribution in [0.3, 0.4) is 0 Å². The Morgan fingerprint density at radius 3 is 2.93 bits per heavy atom. The van der Waals surface area contributed by atoms with Crippen molar-refractivity contribution in [2.24, 2.45) is 0 Å². The van der Waals surface area contributed by atoms with E-state index in [1.165, 1.54) is 0 Å². The molecule has 0 spiro atoms. The van der Waals surface area contributed by atoms with Crippen LogP contribution < -0.4 is 10.2 Å². The highest BCUT2D eigenvalue weighted by Gasteiger charge is 2.29. The molecule has 2 atom stereocenters. The largest absolute Gasteiger partial charge is 0.302 e. The van der Waals surface area contributed by atoms with Crippen LogP contribution in [0.25, 0.3) is 0 Å². The van der Waals surface area contributed by atoms with Gasteiger partial charge in [0, 0.05) is 18.8 Å². The fraction of sp³-hybridized carbons (Fsp3) is 0.455. The van der Waals surface area contributed by atoms with E-state index in [0.717, 1.165) is 5.82 Å². The predicted molar refractivity (Wildman–Crippen MR) is 58.6 cm³/mol. The third-order valence-corrected chi connectivity index (χ3v) is 2.55. The summed E-state index contributed by atoms with van der Waals surface area (Å²) in [6.07, 6.45) is 1.71. The molecule has 0 radical (unpaired) electrons. The minimum absolute atomic E-state index is 0.0896. The van der Waals surface area contributed by atoms with Gasteiger partial charge in [-0.15, -0.1) is 0 Å². The smallest absolute Gasteiger partial charge is 0.245 e. The van der Waals surface area contributed by atoms with Gasteiger partial charge in [-0.25, -0.2) is 4.98 Å². The number of carbonyl (C=O) groups is 1. The van der Waals surface area contributed by atoms with Crippen LogP contribution in [0.5, 0.6) is 0 Å². The van der Waals surface area contributed by atoms with Crippen LogP contribution in [0.2, 0.25) is 0 Å². The first kappa shape index (κ1) is 10.1. The molecule has 1 aliphatic heterocycles. The summed E-state index contributed by atoms with van der Waals surface area (Å²) in [7, 11) is 0. The highest BCUT2D eigenvalue weighted by atomic mass is 16.2. The molecular formula is C11H15N3O. The van der Waals surface area contributed by atoms with Crippen molar-refractivity contribution in [1.82, 2.24) is 10.3 Å². The molecule has 2 unspecified atom stereocenters. The summed E-state index contributed by atoms with van der Waals surface area (Å²) < 4.78 is 0. The number of piperazine rings is 1. The summed E-state index contributed by atoms with van der Waals surface area (Å²) in [5.74, 6) is 0.828. The number of hydrogen-bond donors (Lipinski definition) is 1. The van der Waals surface area contributed by atoms with E-state index in [9.17, 15) is 4.79 Å². The van der Waals surface area contributed by atoms with Crippen LogP contribution in [0.1, 0.15) is 13.8 Å². The monoisotopic (exact) mass is 205 g/mol. The maximum absolute atomic E-state index is 11.9. The minimum Gasteiger partial charge on any atom is -0.302 e. The average molecular weight is 205 g/mol. The van der Waals surface area contributed by atoms with Gasteiger partial charge in [0.2, 0.25) is 5.91 Å².